The molecule has 29 heavy (non-hydrogen) atoms. The fourth-order valence-electron chi connectivity index (χ4n) is 2.49. The zero-order valence-electron chi connectivity index (χ0n) is 16.3. The Morgan fingerprint density at radius 3 is 1.52 bits per heavy atom. The topological polar surface area (TPSA) is 82.6 Å². The molecule has 0 unspecified atom stereocenters. The van der Waals surface area contributed by atoms with Gasteiger partial charge in [-0.15, -0.1) is 0 Å². The van der Waals surface area contributed by atoms with Crippen molar-refractivity contribution in [2.75, 3.05) is 16.1 Å². The van der Waals surface area contributed by atoms with E-state index in [2.05, 4.69) is 21.2 Å². The van der Waals surface area contributed by atoms with E-state index in [0.717, 1.165) is 11.1 Å². The molecule has 6 heteroatoms. The number of benzene rings is 3. The van der Waals surface area contributed by atoms with Gasteiger partial charge in [-0.2, -0.15) is 5.10 Å². The van der Waals surface area contributed by atoms with Gasteiger partial charge in [0.05, 0.1) is 5.69 Å². The van der Waals surface area contributed by atoms with E-state index >= 15 is 0 Å². The normalized spacial score (nSPS) is 10.0. The third-order valence-electron chi connectivity index (χ3n) is 4.12. The van der Waals surface area contributed by atoms with Crippen LogP contribution in [0.15, 0.2) is 84.0 Å². The number of anilines is 3. The zero-order chi connectivity index (χ0) is 20.6. The molecule has 3 aromatic carbocycles. The lowest BCUT2D eigenvalue weighted by Gasteiger charge is -2.10. The number of hydrazone groups is 1. The maximum atomic E-state index is 12.8. The SMILES string of the molecule is Cc1ccc(NC(=O)C(=NNc2ccccc2)C(=O)Nc2ccc(C)cc2)cc1. The number of rotatable bonds is 6. The highest BCUT2D eigenvalue weighted by molar-refractivity contribution is 6.69. The van der Waals surface area contributed by atoms with Gasteiger partial charge in [0.25, 0.3) is 11.8 Å². The van der Waals surface area contributed by atoms with Crippen molar-refractivity contribution in [1.29, 1.82) is 0 Å². The molecule has 0 fully saturated rings. The number of nitrogens with one attached hydrogen (secondary N) is 3. The van der Waals surface area contributed by atoms with Crippen LogP contribution in [0.25, 0.3) is 0 Å². The average Bonchev–Trinajstić information content (AvgIpc) is 2.72. The second kappa shape index (κ2) is 9.32. The second-order valence-electron chi connectivity index (χ2n) is 6.58. The lowest BCUT2D eigenvalue weighted by Crippen LogP contribution is -2.35. The second-order valence-corrected chi connectivity index (χ2v) is 6.58. The predicted octanol–water partition coefficient (Wildman–Crippen LogP) is 4.35. The van der Waals surface area contributed by atoms with E-state index in [-0.39, 0.29) is 5.71 Å². The number of nitrogens with zero attached hydrogens (tertiary/aromatic N) is 1. The molecule has 0 aromatic heterocycles. The number of hydrogen-bond donors (Lipinski definition) is 3. The fourth-order valence-corrected chi connectivity index (χ4v) is 2.49. The van der Waals surface area contributed by atoms with Crippen LogP contribution >= 0.6 is 0 Å². The summed E-state index contributed by atoms with van der Waals surface area (Å²) in [4.78, 5) is 25.5. The molecule has 6 nitrogen and oxygen atoms in total. The molecule has 0 aliphatic heterocycles. The minimum atomic E-state index is -0.609. The molecule has 3 N–H and O–H groups in total. The lowest BCUT2D eigenvalue weighted by atomic mass is 10.2. The first-order valence-corrected chi connectivity index (χ1v) is 9.16. The summed E-state index contributed by atoms with van der Waals surface area (Å²) in [6.07, 6.45) is 0. The molecule has 146 valence electrons. The molecule has 3 aromatic rings. The Balaban J connectivity index is 1.81. The molecule has 0 saturated heterocycles. The van der Waals surface area contributed by atoms with Gasteiger partial charge in [0.1, 0.15) is 0 Å². The van der Waals surface area contributed by atoms with Crippen LogP contribution in [0.2, 0.25) is 0 Å². The maximum Gasteiger partial charge on any atom is 0.281 e. The van der Waals surface area contributed by atoms with Crippen molar-refractivity contribution in [2.24, 2.45) is 5.10 Å². The Morgan fingerprint density at radius 1 is 0.621 bits per heavy atom. The fraction of sp³-hybridized carbons (Fsp3) is 0.0870. The lowest BCUT2D eigenvalue weighted by molar-refractivity contribution is -0.114. The van der Waals surface area contributed by atoms with Gasteiger partial charge >= 0.3 is 0 Å². The van der Waals surface area contributed by atoms with Crippen LogP contribution in [0, 0.1) is 13.8 Å². The third kappa shape index (κ3) is 5.77. The first kappa shape index (κ1) is 19.8. The molecule has 0 spiro atoms. The third-order valence-corrected chi connectivity index (χ3v) is 4.12. The van der Waals surface area contributed by atoms with E-state index in [1.807, 2.05) is 56.3 Å². The summed E-state index contributed by atoms with van der Waals surface area (Å²) in [5.41, 5.74) is 6.44. The number of carbonyl (C=O) groups is 2. The van der Waals surface area contributed by atoms with E-state index in [1.165, 1.54) is 0 Å². The van der Waals surface area contributed by atoms with Gasteiger partial charge in [-0.3, -0.25) is 15.0 Å². The molecule has 0 atom stereocenters. The number of hydrogen-bond acceptors (Lipinski definition) is 4. The summed E-state index contributed by atoms with van der Waals surface area (Å²) in [5.74, 6) is -1.22. The largest absolute Gasteiger partial charge is 0.320 e. The Hall–Kier alpha value is -3.93. The van der Waals surface area contributed by atoms with Gasteiger partial charge in [0.2, 0.25) is 5.71 Å². The molecular formula is C23H22N4O2. The minimum Gasteiger partial charge on any atom is -0.320 e. The molecule has 0 aliphatic carbocycles. The molecule has 0 radical (unpaired) electrons. The van der Waals surface area contributed by atoms with Crippen molar-refractivity contribution < 1.29 is 9.59 Å². The van der Waals surface area contributed by atoms with Crippen LogP contribution < -0.4 is 16.1 Å². The molecule has 0 bridgehead atoms. The van der Waals surface area contributed by atoms with Crippen LogP contribution in [0.5, 0.6) is 0 Å². The summed E-state index contributed by atoms with van der Waals surface area (Å²) >= 11 is 0. The van der Waals surface area contributed by atoms with Crippen LogP contribution in [0.3, 0.4) is 0 Å². The quantitative estimate of drug-likeness (QED) is 0.335. The summed E-state index contributed by atoms with van der Waals surface area (Å²) in [6.45, 7) is 3.91. The van der Waals surface area contributed by atoms with Gasteiger partial charge in [-0.05, 0) is 50.2 Å². The van der Waals surface area contributed by atoms with E-state index in [9.17, 15) is 9.59 Å². The Bertz CT molecular complexity index is 950. The van der Waals surface area contributed by atoms with Crippen LogP contribution in [-0.2, 0) is 9.59 Å². The van der Waals surface area contributed by atoms with Gasteiger partial charge in [-0.1, -0.05) is 53.6 Å². The molecule has 0 saturated carbocycles. The first-order valence-electron chi connectivity index (χ1n) is 9.16. The number of carbonyl (C=O) groups excluding carboxylic acids is 2. The minimum absolute atomic E-state index is 0.282. The van der Waals surface area contributed by atoms with Crippen molar-refractivity contribution in [3.05, 3.63) is 90.0 Å². The maximum absolute atomic E-state index is 12.8. The number of aryl methyl sites for hydroxylation is 2. The van der Waals surface area contributed by atoms with Crippen molar-refractivity contribution in [3.8, 4) is 0 Å². The standard InChI is InChI=1S/C23H22N4O2/c1-16-8-12-18(13-9-16)24-22(28)21(27-26-20-6-4-3-5-7-20)23(29)25-19-14-10-17(2)11-15-19/h3-15,26H,1-2H3,(H,24,28)(H,25,29). The van der Waals surface area contributed by atoms with Crippen molar-refractivity contribution in [1.82, 2.24) is 0 Å². The summed E-state index contributed by atoms with van der Waals surface area (Å²) in [5, 5.41) is 9.49. The number of para-hydroxylation sites is 1. The van der Waals surface area contributed by atoms with Crippen molar-refractivity contribution >= 4 is 34.6 Å². The average molecular weight is 386 g/mol. The smallest absolute Gasteiger partial charge is 0.281 e. The van der Waals surface area contributed by atoms with E-state index in [0.29, 0.717) is 17.1 Å². The van der Waals surface area contributed by atoms with Crippen LogP contribution in [0.4, 0.5) is 17.1 Å². The highest BCUT2D eigenvalue weighted by atomic mass is 16.2. The molecule has 0 heterocycles. The van der Waals surface area contributed by atoms with Gasteiger partial charge in [0, 0.05) is 11.4 Å². The Morgan fingerprint density at radius 2 is 1.07 bits per heavy atom. The predicted molar refractivity (Wildman–Crippen MR) is 117 cm³/mol. The van der Waals surface area contributed by atoms with Crippen LogP contribution in [0.1, 0.15) is 11.1 Å². The van der Waals surface area contributed by atoms with Crippen molar-refractivity contribution in [3.63, 3.8) is 0 Å². The van der Waals surface area contributed by atoms with E-state index < -0.39 is 11.8 Å². The van der Waals surface area contributed by atoms with E-state index in [1.54, 1.807) is 36.4 Å². The van der Waals surface area contributed by atoms with E-state index in [4.69, 9.17) is 0 Å². The monoisotopic (exact) mass is 386 g/mol. The molecule has 0 aliphatic rings. The zero-order valence-corrected chi connectivity index (χ0v) is 16.3. The van der Waals surface area contributed by atoms with Gasteiger partial charge in [-0.25, -0.2) is 0 Å². The highest BCUT2D eigenvalue weighted by Gasteiger charge is 2.21. The Kier molecular flexibility index (Phi) is 6.37. The molecular weight excluding hydrogens is 364 g/mol. The van der Waals surface area contributed by atoms with Crippen molar-refractivity contribution in [2.45, 2.75) is 13.8 Å². The highest BCUT2D eigenvalue weighted by Crippen LogP contribution is 2.11. The van der Waals surface area contributed by atoms with Gasteiger partial charge in [0.15, 0.2) is 0 Å². The van der Waals surface area contributed by atoms with Gasteiger partial charge < -0.3 is 10.6 Å². The molecule has 2 amide bonds. The summed E-state index contributed by atoms with van der Waals surface area (Å²) < 4.78 is 0. The summed E-state index contributed by atoms with van der Waals surface area (Å²) in [6, 6.07) is 23.7. The Labute approximate surface area is 169 Å². The summed E-state index contributed by atoms with van der Waals surface area (Å²) in [7, 11) is 0. The first-order chi connectivity index (χ1) is 14.0. The number of amides is 2. The van der Waals surface area contributed by atoms with Crippen LogP contribution in [-0.4, -0.2) is 17.5 Å². The molecule has 3 rings (SSSR count).